The van der Waals surface area contributed by atoms with Gasteiger partial charge in [-0.3, -0.25) is 4.72 Å². The summed E-state index contributed by atoms with van der Waals surface area (Å²) in [5.41, 5.74) is 0.123. The van der Waals surface area contributed by atoms with E-state index in [9.17, 15) is 26.0 Å². The number of benzene rings is 2. The molecule has 3 aromatic rings. The molecule has 1 aromatic heterocycles. The van der Waals surface area contributed by atoms with Crippen molar-refractivity contribution < 1.29 is 26.0 Å². The number of nitrogens with zero attached hydrogens (tertiary/aromatic N) is 1. The van der Waals surface area contributed by atoms with Crippen LogP contribution in [0.4, 0.5) is 23.2 Å². The lowest BCUT2D eigenvalue weighted by molar-refractivity contribution is -0.144. The van der Waals surface area contributed by atoms with Gasteiger partial charge < -0.3 is 4.98 Å². The number of hydrogen-bond acceptors (Lipinski definition) is 3. The fourth-order valence-corrected chi connectivity index (χ4v) is 3.08. The van der Waals surface area contributed by atoms with Gasteiger partial charge in [-0.05, 0) is 42.5 Å². The molecule has 0 unspecified atom stereocenters. The van der Waals surface area contributed by atoms with Crippen LogP contribution in [0.1, 0.15) is 5.82 Å². The lowest BCUT2D eigenvalue weighted by Gasteiger charge is -2.08. The summed E-state index contributed by atoms with van der Waals surface area (Å²) in [6.45, 7) is 0. The lowest BCUT2D eigenvalue weighted by Crippen LogP contribution is -2.12. The standard InChI is InChI=1S/C14H9F4N3O2S/c15-8-1-4-10(5-2-8)24(22,23)21-9-3-6-11-12(7-9)20-13(19-11)14(16,17)18/h1-7,21H,(H,19,20). The number of fused-ring (bicyclic) bond motifs is 1. The van der Waals surface area contributed by atoms with Gasteiger partial charge in [0.05, 0.1) is 21.6 Å². The van der Waals surface area contributed by atoms with E-state index in [1.807, 2.05) is 0 Å². The molecule has 5 nitrogen and oxygen atoms in total. The topological polar surface area (TPSA) is 74.8 Å². The fraction of sp³-hybridized carbons (Fsp3) is 0.0714. The van der Waals surface area contributed by atoms with E-state index in [4.69, 9.17) is 0 Å². The van der Waals surface area contributed by atoms with Crippen LogP contribution in [0.2, 0.25) is 0 Å². The molecule has 0 spiro atoms. The second-order valence-corrected chi connectivity index (χ2v) is 6.56. The zero-order valence-electron chi connectivity index (χ0n) is 11.7. The first-order chi connectivity index (χ1) is 11.1. The SMILES string of the molecule is O=S(=O)(Nc1ccc2nc(C(F)(F)F)[nH]c2c1)c1ccc(F)cc1. The van der Waals surface area contributed by atoms with Crippen molar-refractivity contribution in [1.82, 2.24) is 9.97 Å². The quantitative estimate of drug-likeness (QED) is 0.703. The van der Waals surface area contributed by atoms with Gasteiger partial charge in [-0.1, -0.05) is 0 Å². The van der Waals surface area contributed by atoms with Crippen molar-refractivity contribution in [3.8, 4) is 0 Å². The molecule has 0 aliphatic heterocycles. The molecule has 0 aliphatic carbocycles. The third kappa shape index (κ3) is 3.18. The van der Waals surface area contributed by atoms with Crippen LogP contribution in [0.15, 0.2) is 47.4 Å². The first-order valence-electron chi connectivity index (χ1n) is 6.50. The van der Waals surface area contributed by atoms with E-state index in [0.717, 1.165) is 24.3 Å². The van der Waals surface area contributed by atoms with Gasteiger partial charge in [0.1, 0.15) is 5.82 Å². The number of aromatic amines is 1. The van der Waals surface area contributed by atoms with E-state index in [1.54, 1.807) is 0 Å². The van der Waals surface area contributed by atoms with Crippen LogP contribution < -0.4 is 4.72 Å². The van der Waals surface area contributed by atoms with Crippen LogP contribution in [-0.4, -0.2) is 18.4 Å². The molecule has 0 fully saturated rings. The van der Waals surface area contributed by atoms with Crippen molar-refractivity contribution in [2.24, 2.45) is 0 Å². The summed E-state index contributed by atoms with van der Waals surface area (Å²) < 4.78 is 77.3. The summed E-state index contributed by atoms with van der Waals surface area (Å²) in [5, 5.41) is 0. The van der Waals surface area contributed by atoms with E-state index in [1.165, 1.54) is 18.2 Å². The number of imidazole rings is 1. The Balaban J connectivity index is 1.93. The number of sulfonamides is 1. The highest BCUT2D eigenvalue weighted by Crippen LogP contribution is 2.29. The molecule has 126 valence electrons. The Morgan fingerprint density at radius 2 is 1.71 bits per heavy atom. The Bertz CT molecular complexity index is 995. The number of hydrogen-bond donors (Lipinski definition) is 2. The van der Waals surface area contributed by atoms with Crippen LogP contribution in [0.5, 0.6) is 0 Å². The van der Waals surface area contributed by atoms with Crippen molar-refractivity contribution in [2.45, 2.75) is 11.1 Å². The molecule has 0 bridgehead atoms. The normalized spacial score (nSPS) is 12.5. The van der Waals surface area contributed by atoms with Crippen molar-refractivity contribution in [3.05, 3.63) is 54.1 Å². The molecule has 10 heteroatoms. The molecule has 0 amide bonds. The number of alkyl halides is 3. The minimum Gasteiger partial charge on any atom is -0.334 e. The fourth-order valence-electron chi connectivity index (χ4n) is 2.04. The van der Waals surface area contributed by atoms with Crippen LogP contribution >= 0.6 is 0 Å². The predicted octanol–water partition coefficient (Wildman–Crippen LogP) is 3.52. The molecular weight excluding hydrogens is 350 g/mol. The maximum atomic E-state index is 12.9. The van der Waals surface area contributed by atoms with Crippen LogP contribution in [-0.2, 0) is 16.2 Å². The summed E-state index contributed by atoms with van der Waals surface area (Å²) in [6, 6.07) is 7.86. The Hall–Kier alpha value is -2.62. The van der Waals surface area contributed by atoms with Crippen LogP contribution in [0.25, 0.3) is 11.0 Å². The maximum absolute atomic E-state index is 12.9. The highest BCUT2D eigenvalue weighted by molar-refractivity contribution is 7.92. The number of anilines is 1. The van der Waals surface area contributed by atoms with Gasteiger partial charge in [0, 0.05) is 0 Å². The Kier molecular flexibility index (Phi) is 3.71. The van der Waals surface area contributed by atoms with E-state index >= 15 is 0 Å². The zero-order chi connectivity index (χ0) is 17.5. The average molecular weight is 359 g/mol. The second kappa shape index (κ2) is 5.48. The Morgan fingerprint density at radius 3 is 2.33 bits per heavy atom. The molecule has 2 aromatic carbocycles. The molecular formula is C14H9F4N3O2S. The van der Waals surface area contributed by atoms with Gasteiger partial charge in [-0.2, -0.15) is 13.2 Å². The van der Waals surface area contributed by atoms with Crippen LogP contribution in [0.3, 0.4) is 0 Å². The summed E-state index contributed by atoms with van der Waals surface area (Å²) in [4.78, 5) is 5.30. The molecule has 24 heavy (non-hydrogen) atoms. The van der Waals surface area contributed by atoms with Gasteiger partial charge in [-0.25, -0.2) is 17.8 Å². The average Bonchev–Trinajstić information content (AvgIpc) is 2.90. The summed E-state index contributed by atoms with van der Waals surface area (Å²) in [5.74, 6) is -1.76. The minimum absolute atomic E-state index is 0.0293. The molecule has 1 heterocycles. The summed E-state index contributed by atoms with van der Waals surface area (Å²) in [7, 11) is -3.99. The molecule has 0 saturated heterocycles. The largest absolute Gasteiger partial charge is 0.449 e. The number of rotatable bonds is 3. The predicted molar refractivity (Wildman–Crippen MR) is 78.3 cm³/mol. The van der Waals surface area contributed by atoms with E-state index in [0.29, 0.717) is 0 Å². The number of halogens is 4. The molecule has 0 aliphatic rings. The first-order valence-corrected chi connectivity index (χ1v) is 7.99. The zero-order valence-corrected chi connectivity index (χ0v) is 12.5. The highest BCUT2D eigenvalue weighted by atomic mass is 32.2. The lowest BCUT2D eigenvalue weighted by atomic mass is 10.3. The van der Waals surface area contributed by atoms with Crippen molar-refractivity contribution >= 4 is 26.7 Å². The summed E-state index contributed by atoms with van der Waals surface area (Å²) in [6.07, 6.45) is -4.63. The maximum Gasteiger partial charge on any atom is 0.449 e. The smallest absolute Gasteiger partial charge is 0.334 e. The Labute approximate surface area is 133 Å². The van der Waals surface area contributed by atoms with Gasteiger partial charge in [0.15, 0.2) is 0 Å². The molecule has 0 atom stereocenters. The van der Waals surface area contributed by atoms with E-state index in [-0.39, 0.29) is 21.6 Å². The molecule has 3 rings (SSSR count). The Morgan fingerprint density at radius 1 is 1.04 bits per heavy atom. The van der Waals surface area contributed by atoms with Gasteiger partial charge in [-0.15, -0.1) is 0 Å². The molecule has 0 saturated carbocycles. The van der Waals surface area contributed by atoms with E-state index < -0.39 is 27.8 Å². The van der Waals surface area contributed by atoms with Gasteiger partial charge in [0.25, 0.3) is 10.0 Å². The van der Waals surface area contributed by atoms with E-state index in [2.05, 4.69) is 14.7 Å². The van der Waals surface area contributed by atoms with Gasteiger partial charge in [0.2, 0.25) is 5.82 Å². The minimum atomic E-state index is -4.63. The highest BCUT2D eigenvalue weighted by Gasteiger charge is 2.34. The monoisotopic (exact) mass is 359 g/mol. The van der Waals surface area contributed by atoms with Gasteiger partial charge >= 0.3 is 6.18 Å². The number of aromatic nitrogens is 2. The third-order valence-corrected chi connectivity index (χ3v) is 4.52. The first kappa shape index (κ1) is 16.2. The van der Waals surface area contributed by atoms with Crippen molar-refractivity contribution in [1.29, 1.82) is 0 Å². The van der Waals surface area contributed by atoms with Crippen molar-refractivity contribution in [2.75, 3.05) is 4.72 Å². The van der Waals surface area contributed by atoms with Crippen molar-refractivity contribution in [3.63, 3.8) is 0 Å². The third-order valence-electron chi connectivity index (χ3n) is 3.13. The number of H-pyrrole nitrogens is 1. The summed E-state index contributed by atoms with van der Waals surface area (Å²) >= 11 is 0. The molecule has 0 radical (unpaired) electrons. The number of nitrogens with one attached hydrogen (secondary N) is 2. The molecule has 2 N–H and O–H groups in total. The second-order valence-electron chi connectivity index (χ2n) is 4.87. The van der Waals surface area contributed by atoms with Crippen LogP contribution in [0, 0.1) is 5.82 Å².